The van der Waals surface area contributed by atoms with E-state index in [1.54, 1.807) is 6.07 Å². The van der Waals surface area contributed by atoms with Gasteiger partial charge in [-0.15, -0.1) is 0 Å². The lowest BCUT2D eigenvalue weighted by Gasteiger charge is -2.33. The topological polar surface area (TPSA) is 36.8 Å². The molecule has 1 aliphatic rings. The Balaban J connectivity index is 1.35. The predicted octanol–water partition coefficient (Wildman–Crippen LogP) is 2.32. The number of carbonyl (C=O) groups excluding carboxylic acids is 1. The molecule has 0 radical (unpaired) electrons. The Kier molecular flexibility index (Phi) is 5.03. The third-order valence-electron chi connectivity index (χ3n) is 5.14. The van der Waals surface area contributed by atoms with Crippen molar-refractivity contribution >= 4 is 28.1 Å². The zero-order valence-corrected chi connectivity index (χ0v) is 15.1. The van der Waals surface area contributed by atoms with Gasteiger partial charge >= 0.3 is 0 Å². The van der Waals surface area contributed by atoms with Crippen molar-refractivity contribution in [3.05, 3.63) is 72.5 Å². The van der Waals surface area contributed by atoms with Crippen LogP contribution in [0.4, 0.5) is 15.8 Å². The van der Waals surface area contributed by atoms with Crippen molar-refractivity contribution in [3.63, 3.8) is 0 Å². The van der Waals surface area contributed by atoms with Crippen LogP contribution < -0.4 is 15.1 Å². The normalized spacial score (nSPS) is 15.1. The van der Waals surface area contributed by atoms with Crippen molar-refractivity contribution in [2.45, 2.75) is 0 Å². The Bertz CT molecular complexity index is 946. The smallest absolute Gasteiger partial charge is 0.279 e. The summed E-state index contributed by atoms with van der Waals surface area (Å²) in [4.78, 5) is 15.8. The maximum atomic E-state index is 13.9. The van der Waals surface area contributed by atoms with Gasteiger partial charge in [0.25, 0.3) is 5.91 Å². The second-order valence-corrected chi connectivity index (χ2v) is 6.94. The molecule has 0 unspecified atom stereocenters. The Morgan fingerprint density at radius 2 is 1.67 bits per heavy atom. The van der Waals surface area contributed by atoms with Gasteiger partial charge in [0.05, 0.1) is 31.9 Å². The highest BCUT2D eigenvalue weighted by molar-refractivity contribution is 6.02. The molecule has 4 nitrogen and oxygen atoms in total. The standard InChI is InChI=1S/C22H22FN3O/c23-19-9-3-4-11-21(19)26-14-12-25(13-15-26)16-22(27)24-20-10-5-7-17-6-1-2-8-18(17)20/h1-11H,12-16H2,(H,24,27)/p+1. The molecule has 3 aromatic carbocycles. The summed E-state index contributed by atoms with van der Waals surface area (Å²) in [6, 6.07) is 20.8. The second kappa shape index (κ2) is 7.76. The van der Waals surface area contributed by atoms with E-state index in [-0.39, 0.29) is 11.7 Å². The molecule has 3 aromatic rings. The van der Waals surface area contributed by atoms with Gasteiger partial charge in [-0.25, -0.2) is 4.39 Å². The summed E-state index contributed by atoms with van der Waals surface area (Å²) in [6.45, 7) is 3.55. The molecule has 0 saturated carbocycles. The van der Waals surface area contributed by atoms with E-state index in [1.807, 2.05) is 54.6 Å². The first-order chi connectivity index (χ1) is 13.2. The summed E-state index contributed by atoms with van der Waals surface area (Å²) in [5.41, 5.74) is 1.50. The number of rotatable bonds is 4. The van der Waals surface area contributed by atoms with Crippen LogP contribution in [0.1, 0.15) is 0 Å². The number of fused-ring (bicyclic) bond motifs is 1. The molecule has 27 heavy (non-hydrogen) atoms. The molecule has 138 valence electrons. The van der Waals surface area contributed by atoms with Gasteiger partial charge in [-0.05, 0) is 23.6 Å². The number of carbonyl (C=O) groups is 1. The molecule has 0 atom stereocenters. The molecular formula is C22H23FN3O+. The number of halogens is 1. The molecule has 5 heteroatoms. The van der Waals surface area contributed by atoms with Crippen LogP contribution in [0.5, 0.6) is 0 Å². The van der Waals surface area contributed by atoms with E-state index >= 15 is 0 Å². The summed E-state index contributed by atoms with van der Waals surface area (Å²) < 4.78 is 13.9. The fourth-order valence-corrected chi connectivity index (χ4v) is 3.70. The fourth-order valence-electron chi connectivity index (χ4n) is 3.70. The van der Waals surface area contributed by atoms with E-state index in [0.29, 0.717) is 12.2 Å². The maximum Gasteiger partial charge on any atom is 0.279 e. The first kappa shape index (κ1) is 17.5. The summed E-state index contributed by atoms with van der Waals surface area (Å²) >= 11 is 0. The van der Waals surface area contributed by atoms with Crippen LogP contribution >= 0.6 is 0 Å². The first-order valence-electron chi connectivity index (χ1n) is 9.31. The third-order valence-corrected chi connectivity index (χ3v) is 5.14. The van der Waals surface area contributed by atoms with Crippen molar-refractivity contribution in [1.29, 1.82) is 0 Å². The van der Waals surface area contributed by atoms with E-state index in [0.717, 1.165) is 42.6 Å². The average molecular weight is 364 g/mol. The summed E-state index contributed by atoms with van der Waals surface area (Å²) in [5.74, 6) is -0.171. The quantitative estimate of drug-likeness (QED) is 0.746. The Labute approximate surface area is 158 Å². The van der Waals surface area contributed by atoms with Crippen LogP contribution in [-0.4, -0.2) is 38.6 Å². The number of nitrogens with zero attached hydrogens (tertiary/aromatic N) is 1. The second-order valence-electron chi connectivity index (χ2n) is 6.94. The van der Waals surface area contributed by atoms with Crippen LogP contribution in [0.25, 0.3) is 10.8 Å². The number of para-hydroxylation sites is 1. The number of piperazine rings is 1. The van der Waals surface area contributed by atoms with Gasteiger partial charge in [0.15, 0.2) is 6.54 Å². The molecule has 1 fully saturated rings. The van der Waals surface area contributed by atoms with Gasteiger partial charge in [0.1, 0.15) is 5.82 Å². The minimum absolute atomic E-state index is 0.0145. The number of anilines is 2. The number of nitrogens with one attached hydrogen (secondary N) is 2. The predicted molar refractivity (Wildman–Crippen MR) is 107 cm³/mol. The molecule has 1 saturated heterocycles. The lowest BCUT2D eigenvalue weighted by Crippen LogP contribution is -3.15. The van der Waals surface area contributed by atoms with Crippen molar-refractivity contribution in [2.24, 2.45) is 0 Å². The lowest BCUT2D eigenvalue weighted by molar-refractivity contribution is -0.892. The monoisotopic (exact) mass is 364 g/mol. The molecule has 1 aliphatic heterocycles. The van der Waals surface area contributed by atoms with Gasteiger partial charge in [-0.2, -0.15) is 0 Å². The van der Waals surface area contributed by atoms with Crippen molar-refractivity contribution in [1.82, 2.24) is 0 Å². The lowest BCUT2D eigenvalue weighted by atomic mass is 10.1. The van der Waals surface area contributed by atoms with Crippen LogP contribution in [-0.2, 0) is 4.79 Å². The van der Waals surface area contributed by atoms with Gasteiger partial charge in [-0.3, -0.25) is 4.79 Å². The summed E-state index contributed by atoms with van der Waals surface area (Å²) in [7, 11) is 0. The van der Waals surface area contributed by atoms with Gasteiger partial charge in [-0.1, -0.05) is 48.5 Å². The average Bonchev–Trinajstić information content (AvgIpc) is 2.69. The van der Waals surface area contributed by atoms with Crippen LogP contribution in [0.2, 0.25) is 0 Å². The number of benzene rings is 3. The van der Waals surface area contributed by atoms with Crippen molar-refractivity contribution in [2.75, 3.05) is 42.9 Å². The van der Waals surface area contributed by atoms with E-state index in [9.17, 15) is 9.18 Å². The van der Waals surface area contributed by atoms with Crippen LogP contribution in [0, 0.1) is 5.82 Å². The molecule has 0 spiro atoms. The summed E-state index contributed by atoms with van der Waals surface area (Å²) in [6.07, 6.45) is 0. The van der Waals surface area contributed by atoms with Gasteiger partial charge in [0.2, 0.25) is 0 Å². The van der Waals surface area contributed by atoms with Gasteiger partial charge < -0.3 is 15.1 Å². The Morgan fingerprint density at radius 1 is 0.963 bits per heavy atom. The minimum atomic E-state index is -0.186. The highest BCUT2D eigenvalue weighted by Gasteiger charge is 2.23. The molecule has 0 bridgehead atoms. The number of hydrogen-bond donors (Lipinski definition) is 2. The molecule has 0 aromatic heterocycles. The van der Waals surface area contributed by atoms with Crippen molar-refractivity contribution in [3.8, 4) is 0 Å². The molecule has 1 amide bonds. The molecule has 4 rings (SSSR count). The summed E-state index contributed by atoms with van der Waals surface area (Å²) in [5, 5.41) is 5.21. The minimum Gasteiger partial charge on any atom is -0.358 e. The number of amides is 1. The Morgan fingerprint density at radius 3 is 2.48 bits per heavy atom. The number of quaternary nitrogens is 1. The number of hydrogen-bond acceptors (Lipinski definition) is 2. The zero-order chi connectivity index (χ0) is 18.6. The molecule has 2 N–H and O–H groups in total. The van der Waals surface area contributed by atoms with E-state index in [4.69, 9.17) is 0 Å². The fraction of sp³-hybridized carbons (Fsp3) is 0.227. The maximum absolute atomic E-state index is 13.9. The molecule has 1 heterocycles. The first-order valence-corrected chi connectivity index (χ1v) is 9.31. The molecular weight excluding hydrogens is 341 g/mol. The highest BCUT2D eigenvalue weighted by atomic mass is 19.1. The zero-order valence-electron chi connectivity index (χ0n) is 15.1. The van der Waals surface area contributed by atoms with Gasteiger partial charge in [0, 0.05) is 11.1 Å². The third kappa shape index (κ3) is 3.93. The molecule has 0 aliphatic carbocycles. The van der Waals surface area contributed by atoms with Crippen LogP contribution in [0.3, 0.4) is 0 Å². The van der Waals surface area contributed by atoms with E-state index < -0.39 is 0 Å². The van der Waals surface area contributed by atoms with E-state index in [1.165, 1.54) is 11.0 Å². The van der Waals surface area contributed by atoms with Crippen LogP contribution in [0.15, 0.2) is 66.7 Å². The van der Waals surface area contributed by atoms with E-state index in [2.05, 4.69) is 10.2 Å². The highest BCUT2D eigenvalue weighted by Crippen LogP contribution is 2.22. The SMILES string of the molecule is O=C(C[NH+]1CCN(c2ccccc2F)CC1)Nc1cccc2ccccc12. The Hall–Kier alpha value is -2.92. The van der Waals surface area contributed by atoms with Crippen molar-refractivity contribution < 1.29 is 14.1 Å². The largest absolute Gasteiger partial charge is 0.358 e.